The number of carbonyl (C=O) groups is 1. The number of methoxy groups -OCH3 is 1. The number of para-hydroxylation sites is 2. The predicted octanol–water partition coefficient (Wildman–Crippen LogP) is 5.74. The zero-order valence-corrected chi connectivity index (χ0v) is 20.1. The lowest BCUT2D eigenvalue weighted by atomic mass is 10.3. The number of hydrogen-bond donors (Lipinski definition) is 3. The van der Waals surface area contributed by atoms with E-state index in [1.165, 1.54) is 36.1 Å². The first-order valence-electron chi connectivity index (χ1n) is 9.79. The molecule has 12 heteroatoms. The summed E-state index contributed by atoms with van der Waals surface area (Å²) in [5, 5.41) is 8.03. The molecule has 0 saturated carbocycles. The Morgan fingerprint density at radius 1 is 0.912 bits per heavy atom. The lowest BCUT2D eigenvalue weighted by Crippen LogP contribution is -2.01. The molecule has 0 aliphatic carbocycles. The number of hydrogen-bond acceptors (Lipinski definition) is 11. The van der Waals surface area contributed by atoms with Gasteiger partial charge in [0, 0.05) is 11.4 Å². The standard InChI is InChI=1S/C11H7ClN4S.C11H11N3O2S/c12-9-8-10(14-6-13-9)16-11(17-8)15-7-4-2-1-3-5-7;1-16-10(15)8-9(12)14-11(17-8)13-7-5-3-2-4-6-7/h1-6H,(H,13,14,15,16);2-6H,12H2,1H3,(H,13,14). The van der Waals surface area contributed by atoms with Crippen LogP contribution in [-0.4, -0.2) is 33.0 Å². The van der Waals surface area contributed by atoms with Gasteiger partial charge in [0.25, 0.3) is 0 Å². The van der Waals surface area contributed by atoms with Crippen molar-refractivity contribution in [3.05, 3.63) is 77.0 Å². The van der Waals surface area contributed by atoms with Crippen molar-refractivity contribution in [1.29, 1.82) is 0 Å². The third-order valence-electron chi connectivity index (χ3n) is 4.22. The number of benzene rings is 2. The normalized spacial score (nSPS) is 10.3. The first-order valence-corrected chi connectivity index (χ1v) is 11.8. The van der Waals surface area contributed by atoms with Crippen molar-refractivity contribution < 1.29 is 9.53 Å². The number of nitrogens with two attached hydrogens (primary N) is 1. The number of thiazole rings is 2. The van der Waals surface area contributed by atoms with Gasteiger partial charge in [0.1, 0.15) is 11.0 Å². The maximum absolute atomic E-state index is 11.3. The van der Waals surface area contributed by atoms with E-state index in [1.54, 1.807) is 0 Å². The van der Waals surface area contributed by atoms with Crippen molar-refractivity contribution in [3.63, 3.8) is 0 Å². The molecule has 0 radical (unpaired) electrons. The SMILES string of the molecule is COC(=O)c1sc(Nc2ccccc2)nc1N.Clc1ncnc2nc(Nc3ccccc3)sc12. The quantitative estimate of drug-likeness (QED) is 0.200. The Morgan fingerprint density at radius 2 is 1.50 bits per heavy atom. The number of halogens is 1. The fourth-order valence-corrected chi connectivity index (χ4v) is 4.58. The molecule has 9 nitrogen and oxygen atoms in total. The van der Waals surface area contributed by atoms with E-state index in [0.29, 0.717) is 20.8 Å². The van der Waals surface area contributed by atoms with Crippen molar-refractivity contribution in [3.8, 4) is 0 Å². The molecule has 2 aromatic carbocycles. The van der Waals surface area contributed by atoms with Gasteiger partial charge in [-0.2, -0.15) is 4.98 Å². The van der Waals surface area contributed by atoms with Gasteiger partial charge in [0.2, 0.25) is 0 Å². The van der Waals surface area contributed by atoms with Crippen molar-refractivity contribution in [2.24, 2.45) is 0 Å². The summed E-state index contributed by atoms with van der Waals surface area (Å²) in [4.78, 5) is 28.0. The fraction of sp³-hybridized carbons (Fsp3) is 0.0455. The van der Waals surface area contributed by atoms with Crippen LogP contribution in [-0.2, 0) is 4.74 Å². The number of esters is 1. The third kappa shape index (κ3) is 5.76. The fourth-order valence-electron chi connectivity index (χ4n) is 2.69. The van der Waals surface area contributed by atoms with Gasteiger partial charge < -0.3 is 21.1 Å². The van der Waals surface area contributed by atoms with E-state index in [0.717, 1.165) is 21.2 Å². The minimum absolute atomic E-state index is 0.181. The van der Waals surface area contributed by atoms with Crippen LogP contribution in [0.1, 0.15) is 9.67 Å². The molecule has 34 heavy (non-hydrogen) atoms. The number of anilines is 5. The average molecular weight is 512 g/mol. The number of ether oxygens (including phenoxy) is 1. The van der Waals surface area contributed by atoms with Crippen LogP contribution in [0.2, 0.25) is 5.15 Å². The molecule has 0 spiro atoms. The van der Waals surface area contributed by atoms with Gasteiger partial charge >= 0.3 is 5.97 Å². The van der Waals surface area contributed by atoms with Crippen LogP contribution in [0.5, 0.6) is 0 Å². The minimum Gasteiger partial charge on any atom is -0.465 e. The molecule has 0 amide bonds. The van der Waals surface area contributed by atoms with Crippen LogP contribution in [0.15, 0.2) is 67.0 Å². The van der Waals surface area contributed by atoms with Gasteiger partial charge in [0.15, 0.2) is 31.8 Å². The Hall–Kier alpha value is -3.80. The van der Waals surface area contributed by atoms with Gasteiger partial charge in [-0.1, -0.05) is 70.7 Å². The Kier molecular flexibility index (Phi) is 7.48. The molecule has 0 saturated heterocycles. The van der Waals surface area contributed by atoms with Crippen LogP contribution >= 0.6 is 34.3 Å². The summed E-state index contributed by atoms with van der Waals surface area (Å²) in [6.07, 6.45) is 1.41. The van der Waals surface area contributed by atoms with Gasteiger partial charge in [-0.15, -0.1) is 0 Å². The molecule has 3 heterocycles. The Balaban J connectivity index is 0.000000161. The van der Waals surface area contributed by atoms with Crippen LogP contribution in [0.3, 0.4) is 0 Å². The smallest absolute Gasteiger partial charge is 0.351 e. The maximum atomic E-state index is 11.3. The van der Waals surface area contributed by atoms with E-state index in [1.807, 2.05) is 60.7 Å². The zero-order chi connectivity index (χ0) is 23.9. The number of nitrogens with one attached hydrogen (secondary N) is 2. The maximum Gasteiger partial charge on any atom is 0.351 e. The molecule has 0 atom stereocenters. The van der Waals surface area contributed by atoms with E-state index in [2.05, 4.69) is 35.3 Å². The first kappa shape index (κ1) is 23.4. The van der Waals surface area contributed by atoms with Crippen molar-refractivity contribution >= 4 is 78.0 Å². The number of rotatable bonds is 5. The highest BCUT2D eigenvalue weighted by atomic mass is 35.5. The summed E-state index contributed by atoms with van der Waals surface area (Å²) in [6, 6.07) is 19.3. The number of aromatic nitrogens is 4. The number of carbonyl (C=O) groups excluding carboxylic acids is 1. The summed E-state index contributed by atoms with van der Waals surface area (Å²) in [7, 11) is 1.31. The molecule has 5 rings (SSSR count). The lowest BCUT2D eigenvalue weighted by Gasteiger charge is -2.00. The Morgan fingerprint density at radius 3 is 2.06 bits per heavy atom. The highest BCUT2D eigenvalue weighted by molar-refractivity contribution is 7.22. The van der Waals surface area contributed by atoms with Gasteiger partial charge in [-0.3, -0.25) is 0 Å². The number of nitrogens with zero attached hydrogens (tertiary/aromatic N) is 4. The minimum atomic E-state index is -0.471. The highest BCUT2D eigenvalue weighted by Gasteiger charge is 2.16. The van der Waals surface area contributed by atoms with E-state index >= 15 is 0 Å². The second-order valence-corrected chi connectivity index (χ2v) is 8.90. The molecule has 0 unspecified atom stereocenters. The highest BCUT2D eigenvalue weighted by Crippen LogP contribution is 2.31. The topological polar surface area (TPSA) is 128 Å². The molecule has 0 aliphatic rings. The number of fused-ring (bicyclic) bond motifs is 1. The Bertz CT molecular complexity index is 1390. The molecule has 0 aliphatic heterocycles. The second-order valence-electron chi connectivity index (χ2n) is 6.54. The number of nitrogen functional groups attached to an aromatic ring is 1. The largest absolute Gasteiger partial charge is 0.465 e. The van der Waals surface area contributed by atoms with Crippen molar-refractivity contribution in [1.82, 2.24) is 19.9 Å². The van der Waals surface area contributed by atoms with Crippen LogP contribution in [0.4, 0.5) is 27.5 Å². The Labute approximate surface area is 207 Å². The summed E-state index contributed by atoms with van der Waals surface area (Å²) in [6.45, 7) is 0. The van der Waals surface area contributed by atoms with E-state index in [-0.39, 0.29) is 5.82 Å². The zero-order valence-electron chi connectivity index (χ0n) is 17.7. The van der Waals surface area contributed by atoms with E-state index in [4.69, 9.17) is 17.3 Å². The molecule has 5 aromatic rings. The monoisotopic (exact) mass is 511 g/mol. The van der Waals surface area contributed by atoms with E-state index in [9.17, 15) is 4.79 Å². The summed E-state index contributed by atoms with van der Waals surface area (Å²) >= 11 is 8.57. The van der Waals surface area contributed by atoms with Gasteiger partial charge in [-0.25, -0.2) is 19.7 Å². The van der Waals surface area contributed by atoms with Crippen molar-refractivity contribution in [2.75, 3.05) is 23.5 Å². The van der Waals surface area contributed by atoms with Crippen molar-refractivity contribution in [2.45, 2.75) is 0 Å². The van der Waals surface area contributed by atoms with Crippen LogP contribution in [0, 0.1) is 0 Å². The van der Waals surface area contributed by atoms with E-state index < -0.39 is 5.97 Å². The molecule has 0 fully saturated rings. The first-order chi connectivity index (χ1) is 16.5. The summed E-state index contributed by atoms with van der Waals surface area (Å²) < 4.78 is 5.40. The molecule has 3 aromatic heterocycles. The average Bonchev–Trinajstić information content (AvgIpc) is 3.44. The lowest BCUT2D eigenvalue weighted by molar-refractivity contribution is 0.0607. The molecule has 0 bridgehead atoms. The molecular weight excluding hydrogens is 494 g/mol. The van der Waals surface area contributed by atoms with Crippen LogP contribution in [0.25, 0.3) is 10.3 Å². The van der Waals surface area contributed by atoms with Gasteiger partial charge in [0.05, 0.1) is 7.11 Å². The summed E-state index contributed by atoms with van der Waals surface area (Å²) in [5.41, 5.74) is 8.12. The molecule has 4 N–H and O–H groups in total. The second kappa shape index (κ2) is 10.9. The molecular formula is C22H18ClN7O2S2. The van der Waals surface area contributed by atoms with Gasteiger partial charge in [-0.05, 0) is 24.3 Å². The third-order valence-corrected chi connectivity index (χ3v) is 6.55. The summed E-state index contributed by atoms with van der Waals surface area (Å²) in [5.74, 6) is -0.290. The van der Waals surface area contributed by atoms with Crippen LogP contribution < -0.4 is 16.4 Å². The molecule has 172 valence electrons. The predicted molar refractivity (Wildman–Crippen MR) is 138 cm³/mol.